The first-order valence-electron chi connectivity index (χ1n) is 8.06. The molecule has 0 spiro atoms. The van der Waals surface area contributed by atoms with Crippen LogP contribution in [0.25, 0.3) is 0 Å². The Kier molecular flexibility index (Phi) is 5.51. The first-order valence-corrected chi connectivity index (χ1v) is 9.28. The van der Waals surface area contributed by atoms with E-state index in [1.165, 1.54) is 17.5 Å². The summed E-state index contributed by atoms with van der Waals surface area (Å²) in [6.45, 7) is 3.81. The van der Waals surface area contributed by atoms with Gasteiger partial charge in [-0.05, 0) is 43.7 Å². The van der Waals surface area contributed by atoms with E-state index in [2.05, 4.69) is 46.7 Å². The quantitative estimate of drug-likeness (QED) is 0.837. The topological polar surface area (TPSA) is 47.0 Å². The molecule has 0 radical (unpaired) electrons. The van der Waals surface area contributed by atoms with Gasteiger partial charge in [-0.2, -0.15) is 0 Å². The van der Waals surface area contributed by atoms with Crippen molar-refractivity contribution in [3.05, 3.63) is 47.5 Å². The van der Waals surface area contributed by atoms with Gasteiger partial charge in [0.1, 0.15) is 10.8 Å². The van der Waals surface area contributed by atoms with Crippen LogP contribution in [-0.2, 0) is 4.74 Å². The van der Waals surface area contributed by atoms with Gasteiger partial charge < -0.3 is 10.1 Å². The van der Waals surface area contributed by atoms with E-state index >= 15 is 0 Å². The number of ether oxygens (including phenoxy) is 1. The number of aryl methyl sites for hydroxylation is 1. The molecule has 1 aromatic heterocycles. The summed E-state index contributed by atoms with van der Waals surface area (Å²) in [7, 11) is 0. The molecule has 0 aliphatic carbocycles. The number of anilines is 1. The van der Waals surface area contributed by atoms with Gasteiger partial charge in [-0.15, -0.1) is 22.0 Å². The van der Waals surface area contributed by atoms with Crippen LogP contribution < -0.4 is 5.32 Å². The van der Waals surface area contributed by atoms with Crippen LogP contribution in [0.3, 0.4) is 0 Å². The standard InChI is InChI=1S/C18H23N3OS/c1-13-5-7-14(8-6-13)18-15(4-3-11-22-18)12-19-16-9-10-17(23-2)21-20-16/h5-10,15,18H,3-4,11-12H2,1-2H3,(H,19,20). The zero-order valence-electron chi connectivity index (χ0n) is 13.7. The zero-order chi connectivity index (χ0) is 16.1. The molecule has 2 heterocycles. The van der Waals surface area contributed by atoms with Crippen molar-refractivity contribution in [2.45, 2.75) is 30.9 Å². The highest BCUT2D eigenvalue weighted by molar-refractivity contribution is 7.98. The summed E-state index contributed by atoms with van der Waals surface area (Å²) >= 11 is 1.60. The maximum absolute atomic E-state index is 6.06. The number of nitrogens with zero attached hydrogens (tertiary/aromatic N) is 2. The van der Waals surface area contributed by atoms with Crippen molar-refractivity contribution in [3.63, 3.8) is 0 Å². The lowest BCUT2D eigenvalue weighted by Gasteiger charge is -2.32. The molecule has 3 rings (SSSR count). The minimum atomic E-state index is 0.162. The Morgan fingerprint density at radius 1 is 1.17 bits per heavy atom. The van der Waals surface area contributed by atoms with Crippen molar-refractivity contribution in [2.24, 2.45) is 5.92 Å². The maximum atomic E-state index is 6.06. The summed E-state index contributed by atoms with van der Waals surface area (Å²) in [4.78, 5) is 0. The molecular formula is C18H23N3OS. The summed E-state index contributed by atoms with van der Waals surface area (Å²) in [5, 5.41) is 12.7. The fourth-order valence-electron chi connectivity index (χ4n) is 2.94. The van der Waals surface area contributed by atoms with Gasteiger partial charge in [-0.25, -0.2) is 0 Å². The average Bonchev–Trinajstić information content (AvgIpc) is 2.61. The largest absolute Gasteiger partial charge is 0.373 e. The number of hydrogen-bond donors (Lipinski definition) is 1. The maximum Gasteiger partial charge on any atom is 0.148 e. The van der Waals surface area contributed by atoms with E-state index in [1.807, 2.05) is 18.4 Å². The second kappa shape index (κ2) is 7.79. The van der Waals surface area contributed by atoms with E-state index in [9.17, 15) is 0 Å². The van der Waals surface area contributed by atoms with Crippen molar-refractivity contribution in [1.29, 1.82) is 0 Å². The first-order chi connectivity index (χ1) is 11.3. The number of rotatable bonds is 5. The second-order valence-electron chi connectivity index (χ2n) is 5.95. The fraction of sp³-hybridized carbons (Fsp3) is 0.444. The molecule has 0 bridgehead atoms. The molecule has 2 unspecified atom stereocenters. The highest BCUT2D eigenvalue weighted by Crippen LogP contribution is 2.33. The highest BCUT2D eigenvalue weighted by atomic mass is 32.2. The van der Waals surface area contributed by atoms with Crippen molar-refractivity contribution >= 4 is 17.6 Å². The van der Waals surface area contributed by atoms with Gasteiger partial charge in [0, 0.05) is 19.1 Å². The molecule has 5 heteroatoms. The van der Waals surface area contributed by atoms with Gasteiger partial charge in [0.05, 0.1) is 6.10 Å². The van der Waals surface area contributed by atoms with Crippen LogP contribution in [0.4, 0.5) is 5.82 Å². The Morgan fingerprint density at radius 2 is 2.00 bits per heavy atom. The zero-order valence-corrected chi connectivity index (χ0v) is 14.5. The molecule has 1 aromatic carbocycles. The summed E-state index contributed by atoms with van der Waals surface area (Å²) in [6.07, 6.45) is 4.45. The van der Waals surface area contributed by atoms with Crippen molar-refractivity contribution in [2.75, 3.05) is 24.7 Å². The molecular weight excluding hydrogens is 306 g/mol. The minimum Gasteiger partial charge on any atom is -0.373 e. The Balaban J connectivity index is 1.65. The lowest BCUT2D eigenvalue weighted by Crippen LogP contribution is -2.28. The average molecular weight is 329 g/mol. The van der Waals surface area contributed by atoms with Crippen molar-refractivity contribution in [3.8, 4) is 0 Å². The Labute approximate surface area is 142 Å². The third-order valence-corrected chi connectivity index (χ3v) is 4.88. The Hall–Kier alpha value is -1.59. The highest BCUT2D eigenvalue weighted by Gasteiger charge is 2.27. The lowest BCUT2D eigenvalue weighted by atomic mass is 9.89. The van der Waals surface area contributed by atoms with Gasteiger partial charge in [-0.3, -0.25) is 0 Å². The van der Waals surface area contributed by atoms with Crippen LogP contribution in [0.5, 0.6) is 0 Å². The molecule has 1 N–H and O–H groups in total. The van der Waals surface area contributed by atoms with Crippen molar-refractivity contribution < 1.29 is 4.74 Å². The fourth-order valence-corrected chi connectivity index (χ4v) is 3.26. The molecule has 4 nitrogen and oxygen atoms in total. The molecule has 0 amide bonds. The third kappa shape index (κ3) is 4.24. The summed E-state index contributed by atoms with van der Waals surface area (Å²) < 4.78 is 6.06. The van der Waals surface area contributed by atoms with Gasteiger partial charge in [0.15, 0.2) is 0 Å². The molecule has 2 atom stereocenters. The van der Waals surface area contributed by atoms with Crippen LogP contribution in [0.2, 0.25) is 0 Å². The molecule has 0 saturated carbocycles. The van der Waals surface area contributed by atoms with E-state index in [0.29, 0.717) is 5.92 Å². The molecule has 122 valence electrons. The smallest absolute Gasteiger partial charge is 0.148 e. The number of benzene rings is 1. The molecule has 1 saturated heterocycles. The number of hydrogen-bond acceptors (Lipinski definition) is 5. The van der Waals surface area contributed by atoms with Crippen LogP contribution in [0, 0.1) is 12.8 Å². The Morgan fingerprint density at radius 3 is 2.70 bits per heavy atom. The second-order valence-corrected chi connectivity index (χ2v) is 6.77. The van der Waals surface area contributed by atoms with Gasteiger partial charge in [-0.1, -0.05) is 29.8 Å². The van der Waals surface area contributed by atoms with E-state index in [-0.39, 0.29) is 6.10 Å². The van der Waals surface area contributed by atoms with E-state index in [1.54, 1.807) is 11.8 Å². The SMILES string of the molecule is CSc1ccc(NCC2CCCOC2c2ccc(C)cc2)nn1. The Bertz CT molecular complexity index is 615. The molecule has 1 aliphatic heterocycles. The van der Waals surface area contributed by atoms with Crippen LogP contribution in [0.1, 0.15) is 30.1 Å². The third-order valence-electron chi connectivity index (χ3n) is 4.25. The van der Waals surface area contributed by atoms with Gasteiger partial charge in [0.25, 0.3) is 0 Å². The minimum absolute atomic E-state index is 0.162. The van der Waals surface area contributed by atoms with Crippen LogP contribution in [-0.4, -0.2) is 29.6 Å². The molecule has 23 heavy (non-hydrogen) atoms. The number of thioether (sulfide) groups is 1. The van der Waals surface area contributed by atoms with Crippen molar-refractivity contribution in [1.82, 2.24) is 10.2 Å². The molecule has 1 aliphatic rings. The predicted octanol–water partition coefficient (Wildman–Crippen LogP) is 4.09. The number of aromatic nitrogens is 2. The first kappa shape index (κ1) is 16.3. The van der Waals surface area contributed by atoms with E-state index < -0.39 is 0 Å². The van der Waals surface area contributed by atoms with Gasteiger partial charge >= 0.3 is 0 Å². The van der Waals surface area contributed by atoms with Crippen LogP contribution >= 0.6 is 11.8 Å². The molecule has 1 fully saturated rings. The van der Waals surface area contributed by atoms with E-state index in [4.69, 9.17) is 4.74 Å². The summed E-state index contributed by atoms with van der Waals surface area (Å²) in [5.41, 5.74) is 2.55. The van der Waals surface area contributed by atoms with Crippen LogP contribution in [0.15, 0.2) is 41.4 Å². The van der Waals surface area contributed by atoms with Gasteiger partial charge in [0.2, 0.25) is 0 Å². The van der Waals surface area contributed by atoms with E-state index in [0.717, 1.165) is 30.4 Å². The number of nitrogens with one attached hydrogen (secondary N) is 1. The molecule has 2 aromatic rings. The lowest BCUT2D eigenvalue weighted by molar-refractivity contribution is -0.0238. The summed E-state index contributed by atoms with van der Waals surface area (Å²) in [5.74, 6) is 1.28. The normalized spacial score (nSPS) is 21.1. The monoisotopic (exact) mass is 329 g/mol. The summed E-state index contributed by atoms with van der Waals surface area (Å²) in [6, 6.07) is 12.7. The predicted molar refractivity (Wildman–Crippen MR) is 94.9 cm³/mol.